The van der Waals surface area contributed by atoms with Gasteiger partial charge in [0.05, 0.1) is 33.9 Å². The van der Waals surface area contributed by atoms with E-state index in [9.17, 15) is 15.2 Å². The highest BCUT2D eigenvalue weighted by Crippen LogP contribution is 2.47. The van der Waals surface area contributed by atoms with Gasteiger partial charge in [-0.15, -0.1) is 0 Å². The van der Waals surface area contributed by atoms with Gasteiger partial charge in [-0.1, -0.05) is 34.4 Å². The summed E-state index contributed by atoms with van der Waals surface area (Å²) in [6.45, 7) is 1.18. The number of carbonyl (C=O) groups is 1. The molecule has 3 aliphatic rings. The molecule has 1 aromatic heterocycles. The molecule has 0 amide bonds. The maximum absolute atomic E-state index is 11.4. The molecule has 1 aliphatic heterocycles. The fourth-order valence-corrected chi connectivity index (χ4v) is 6.23. The van der Waals surface area contributed by atoms with Crippen molar-refractivity contribution in [2.75, 3.05) is 11.4 Å². The Labute approximate surface area is 218 Å². The van der Waals surface area contributed by atoms with Gasteiger partial charge < -0.3 is 19.3 Å². The molecule has 36 heavy (non-hydrogen) atoms. The summed E-state index contributed by atoms with van der Waals surface area (Å²) in [5.74, 6) is 0.487. The first kappa shape index (κ1) is 23.4. The molecule has 2 aliphatic carbocycles. The maximum Gasteiger partial charge on any atom is 0.337 e. The minimum absolute atomic E-state index is 0.0291. The number of hydrogen-bond donors (Lipinski definition) is 1. The van der Waals surface area contributed by atoms with Crippen molar-refractivity contribution in [3.05, 3.63) is 68.9 Å². The second-order valence-corrected chi connectivity index (χ2v) is 10.6. The SMILES string of the molecule is N#Cc1cc(N2C[C@@H]3C[C@H]2C[C@@H]3OCc2c(-c3c(Cl)cccc3Cl)noc2C2CC2)ccc1C(=O)O. The Bertz CT molecular complexity index is 1370. The third-order valence-electron chi connectivity index (χ3n) is 7.57. The molecular formula is C27H23Cl2N3O4. The number of rotatable bonds is 7. The number of aromatic nitrogens is 1. The number of nitriles is 1. The van der Waals surface area contributed by atoms with Crippen LogP contribution < -0.4 is 4.90 Å². The van der Waals surface area contributed by atoms with Crippen LogP contribution in [0.1, 0.15) is 58.8 Å². The molecule has 7 nitrogen and oxygen atoms in total. The summed E-state index contributed by atoms with van der Waals surface area (Å²) in [5, 5.41) is 24.1. The highest BCUT2D eigenvalue weighted by atomic mass is 35.5. The average Bonchev–Trinajstić information content (AvgIpc) is 3.32. The Balaban J connectivity index is 1.19. The maximum atomic E-state index is 11.4. The number of piperidine rings is 1. The fourth-order valence-electron chi connectivity index (χ4n) is 5.66. The van der Waals surface area contributed by atoms with Crippen molar-refractivity contribution in [3.8, 4) is 17.3 Å². The van der Waals surface area contributed by atoms with Crippen LogP contribution >= 0.6 is 23.2 Å². The normalized spacial score (nSPS) is 22.7. The predicted octanol–water partition coefficient (Wildman–Crippen LogP) is 6.28. The van der Waals surface area contributed by atoms with Gasteiger partial charge in [-0.05, 0) is 56.0 Å². The Hall–Kier alpha value is -3.05. The third-order valence-corrected chi connectivity index (χ3v) is 8.20. The summed E-state index contributed by atoms with van der Waals surface area (Å²) in [4.78, 5) is 13.6. The van der Waals surface area contributed by atoms with E-state index in [1.54, 1.807) is 24.3 Å². The van der Waals surface area contributed by atoms with Crippen LogP contribution in [0.15, 0.2) is 40.9 Å². The summed E-state index contributed by atoms with van der Waals surface area (Å²) < 4.78 is 12.2. The minimum Gasteiger partial charge on any atom is -0.478 e. The number of ether oxygens (including phenoxy) is 1. The Morgan fingerprint density at radius 3 is 2.64 bits per heavy atom. The summed E-state index contributed by atoms with van der Waals surface area (Å²) in [5.41, 5.74) is 3.35. The number of hydrogen-bond acceptors (Lipinski definition) is 6. The van der Waals surface area contributed by atoms with Crippen LogP contribution in [0.4, 0.5) is 5.69 Å². The number of nitrogens with zero attached hydrogens (tertiary/aromatic N) is 3. The van der Waals surface area contributed by atoms with Crippen molar-refractivity contribution in [3.63, 3.8) is 0 Å². The summed E-state index contributed by atoms with van der Waals surface area (Å²) in [7, 11) is 0. The number of anilines is 1. The fraction of sp³-hybridized carbons (Fsp3) is 0.370. The largest absolute Gasteiger partial charge is 0.478 e. The molecule has 1 N–H and O–H groups in total. The van der Waals surface area contributed by atoms with Crippen LogP contribution in [0, 0.1) is 17.2 Å². The number of halogens is 2. The van der Waals surface area contributed by atoms with Crippen LogP contribution in [-0.2, 0) is 11.3 Å². The average molecular weight is 524 g/mol. The smallest absolute Gasteiger partial charge is 0.337 e. The molecule has 1 saturated heterocycles. The molecule has 3 aromatic rings. The van der Waals surface area contributed by atoms with Gasteiger partial charge in [0, 0.05) is 41.2 Å². The molecule has 184 valence electrons. The van der Waals surface area contributed by atoms with E-state index in [1.165, 1.54) is 6.07 Å². The van der Waals surface area contributed by atoms with E-state index < -0.39 is 5.97 Å². The lowest BCUT2D eigenvalue weighted by molar-refractivity contribution is 0.0122. The van der Waals surface area contributed by atoms with Crippen LogP contribution in [0.25, 0.3) is 11.3 Å². The number of carboxylic acid groups (broad SMARTS) is 1. The molecule has 2 heterocycles. The summed E-state index contributed by atoms with van der Waals surface area (Å²) in [6, 6.07) is 12.7. The van der Waals surface area contributed by atoms with Gasteiger partial charge in [0.1, 0.15) is 17.5 Å². The van der Waals surface area contributed by atoms with Gasteiger partial charge in [-0.3, -0.25) is 0 Å². The molecule has 0 spiro atoms. The van der Waals surface area contributed by atoms with Gasteiger partial charge in [-0.2, -0.15) is 5.26 Å². The van der Waals surface area contributed by atoms with E-state index in [0.29, 0.717) is 39.7 Å². The van der Waals surface area contributed by atoms with E-state index >= 15 is 0 Å². The van der Waals surface area contributed by atoms with Gasteiger partial charge >= 0.3 is 5.97 Å². The second kappa shape index (κ2) is 9.11. The Morgan fingerprint density at radius 2 is 2.00 bits per heavy atom. The highest BCUT2D eigenvalue weighted by Gasteiger charge is 2.46. The van der Waals surface area contributed by atoms with E-state index in [2.05, 4.69) is 10.1 Å². The molecule has 3 atom stereocenters. The van der Waals surface area contributed by atoms with Crippen LogP contribution in [0.3, 0.4) is 0 Å². The van der Waals surface area contributed by atoms with Crippen molar-refractivity contribution in [2.24, 2.45) is 5.92 Å². The monoisotopic (exact) mass is 523 g/mol. The third kappa shape index (κ3) is 4.03. The molecule has 0 radical (unpaired) electrons. The van der Waals surface area contributed by atoms with Crippen molar-refractivity contribution >= 4 is 34.9 Å². The van der Waals surface area contributed by atoms with Crippen molar-refractivity contribution < 1.29 is 19.2 Å². The Morgan fingerprint density at radius 1 is 1.22 bits per heavy atom. The first-order valence-electron chi connectivity index (χ1n) is 12.0. The molecular weight excluding hydrogens is 501 g/mol. The number of carboxylic acids is 1. The zero-order chi connectivity index (χ0) is 25.0. The lowest BCUT2D eigenvalue weighted by atomic mass is 10.0. The highest BCUT2D eigenvalue weighted by molar-refractivity contribution is 6.39. The summed E-state index contributed by atoms with van der Waals surface area (Å²) >= 11 is 13.0. The van der Waals surface area contributed by atoms with E-state index in [0.717, 1.165) is 49.2 Å². The Kier molecular flexibility index (Phi) is 5.91. The zero-order valence-corrected chi connectivity index (χ0v) is 20.8. The van der Waals surface area contributed by atoms with E-state index in [4.69, 9.17) is 32.5 Å². The van der Waals surface area contributed by atoms with Gasteiger partial charge in [0.15, 0.2) is 0 Å². The standard InChI is InChI=1S/C27H23Cl2N3O4/c28-21-2-1-3-22(29)24(21)25-20(26(36-31-25)14-4-5-14)13-35-23-10-18-9-16(23)12-32(18)17-6-7-19(27(33)34)15(8-17)11-30/h1-3,6-8,14,16,18,23H,4-5,9-10,12-13H2,(H,33,34)/t16-,18-,23-/m0/s1. The van der Waals surface area contributed by atoms with E-state index in [-0.39, 0.29) is 23.3 Å². The van der Waals surface area contributed by atoms with Gasteiger partial charge in [-0.25, -0.2) is 4.79 Å². The molecule has 2 aromatic carbocycles. The second-order valence-electron chi connectivity index (χ2n) is 9.78. The van der Waals surface area contributed by atoms with Crippen molar-refractivity contribution in [1.29, 1.82) is 5.26 Å². The summed E-state index contributed by atoms with van der Waals surface area (Å²) in [6.07, 6.45) is 4.10. The molecule has 2 bridgehead atoms. The molecule has 3 fully saturated rings. The molecule has 9 heteroatoms. The topological polar surface area (TPSA) is 99.6 Å². The molecule has 2 saturated carbocycles. The first-order chi connectivity index (χ1) is 17.4. The predicted molar refractivity (Wildman–Crippen MR) is 134 cm³/mol. The number of aromatic carboxylic acids is 1. The zero-order valence-electron chi connectivity index (χ0n) is 19.3. The quantitative estimate of drug-likeness (QED) is 0.388. The van der Waals surface area contributed by atoms with Crippen LogP contribution in [0.2, 0.25) is 10.0 Å². The number of benzene rings is 2. The minimum atomic E-state index is -1.09. The number of fused-ring (bicyclic) bond motifs is 2. The first-order valence-corrected chi connectivity index (χ1v) is 12.8. The lowest BCUT2D eigenvalue weighted by Gasteiger charge is -2.33. The van der Waals surface area contributed by atoms with Gasteiger partial charge in [0.25, 0.3) is 0 Å². The van der Waals surface area contributed by atoms with Crippen molar-refractivity contribution in [2.45, 2.75) is 50.4 Å². The van der Waals surface area contributed by atoms with Crippen LogP contribution in [-0.4, -0.2) is 34.9 Å². The van der Waals surface area contributed by atoms with Crippen molar-refractivity contribution in [1.82, 2.24) is 5.16 Å². The molecule has 6 rings (SSSR count). The van der Waals surface area contributed by atoms with Crippen LogP contribution in [0.5, 0.6) is 0 Å². The van der Waals surface area contributed by atoms with E-state index in [1.807, 2.05) is 12.1 Å². The molecule has 0 unspecified atom stereocenters. The van der Waals surface area contributed by atoms with Gasteiger partial charge in [0.2, 0.25) is 0 Å². The lowest BCUT2D eigenvalue weighted by Crippen LogP contribution is -2.38.